The van der Waals surface area contributed by atoms with Gasteiger partial charge in [-0.05, 0) is 48.9 Å². The number of aromatic amines is 1. The molecule has 0 bridgehead atoms. The number of anilines is 1. The molecule has 2 N–H and O–H groups in total. The lowest BCUT2D eigenvalue weighted by Gasteiger charge is -2.30. The van der Waals surface area contributed by atoms with E-state index in [9.17, 15) is 8.42 Å². The number of halogens is 1. The van der Waals surface area contributed by atoms with Crippen molar-refractivity contribution in [2.24, 2.45) is 0 Å². The maximum absolute atomic E-state index is 11.8. The van der Waals surface area contributed by atoms with Gasteiger partial charge in [0, 0.05) is 18.5 Å². The maximum Gasteiger partial charge on any atom is 0.221 e. The standard InChI is InChI=1S/C22H24ClN7O3S/c1-13(26-19-18-20(25-12-24-19)29-22(23)28-18)17-11-14-5-3-4-6-16(14)21(27-17)33-15-7-9-30(10-8-15)34(2,31)32/h3-6,11-13,15H,7-10H2,1-2H3,(H2,24,25,26,28,29)/t13-/m0/s1. The Kier molecular flexibility index (Phi) is 6.00. The lowest BCUT2D eigenvalue weighted by molar-refractivity contribution is 0.132. The van der Waals surface area contributed by atoms with E-state index in [0.29, 0.717) is 48.8 Å². The van der Waals surface area contributed by atoms with E-state index in [1.54, 1.807) is 0 Å². The third kappa shape index (κ3) is 4.63. The van der Waals surface area contributed by atoms with Crippen molar-refractivity contribution < 1.29 is 13.2 Å². The highest BCUT2D eigenvalue weighted by molar-refractivity contribution is 7.88. The first kappa shape index (κ1) is 22.8. The summed E-state index contributed by atoms with van der Waals surface area (Å²) in [4.78, 5) is 20.4. The maximum atomic E-state index is 11.8. The van der Waals surface area contributed by atoms with E-state index in [1.165, 1.54) is 16.9 Å². The van der Waals surface area contributed by atoms with Gasteiger partial charge in [0.1, 0.15) is 12.4 Å². The number of fused-ring (bicyclic) bond motifs is 2. The summed E-state index contributed by atoms with van der Waals surface area (Å²) in [5, 5.41) is 5.50. The minimum Gasteiger partial charge on any atom is -0.474 e. The van der Waals surface area contributed by atoms with Crippen molar-refractivity contribution in [1.82, 2.24) is 29.2 Å². The summed E-state index contributed by atoms with van der Waals surface area (Å²) in [6, 6.07) is 9.71. The van der Waals surface area contributed by atoms with Gasteiger partial charge in [-0.25, -0.2) is 32.7 Å². The average molecular weight is 502 g/mol. The first-order valence-corrected chi connectivity index (χ1v) is 13.1. The fourth-order valence-corrected chi connectivity index (χ4v) is 5.17. The molecule has 10 nitrogen and oxygen atoms in total. The summed E-state index contributed by atoms with van der Waals surface area (Å²) in [6.07, 6.45) is 3.79. The molecule has 1 saturated heterocycles. The van der Waals surface area contributed by atoms with Crippen LogP contribution in [0, 0.1) is 0 Å². The number of nitrogens with one attached hydrogen (secondary N) is 2. The summed E-state index contributed by atoms with van der Waals surface area (Å²) in [6.45, 7) is 2.86. The number of sulfonamides is 1. The van der Waals surface area contributed by atoms with Crippen LogP contribution in [-0.2, 0) is 10.0 Å². The second kappa shape index (κ2) is 8.97. The number of H-pyrrole nitrogens is 1. The van der Waals surface area contributed by atoms with Crippen molar-refractivity contribution in [3.63, 3.8) is 0 Å². The molecule has 1 atom stereocenters. The molecule has 0 saturated carbocycles. The van der Waals surface area contributed by atoms with Crippen LogP contribution < -0.4 is 10.1 Å². The lowest BCUT2D eigenvalue weighted by atomic mass is 10.1. The number of benzene rings is 1. The summed E-state index contributed by atoms with van der Waals surface area (Å²) in [7, 11) is -3.19. The topological polar surface area (TPSA) is 126 Å². The molecule has 1 fully saturated rings. The van der Waals surface area contributed by atoms with Gasteiger partial charge in [0.2, 0.25) is 21.2 Å². The average Bonchev–Trinajstić information content (AvgIpc) is 3.20. The van der Waals surface area contributed by atoms with E-state index < -0.39 is 10.0 Å². The van der Waals surface area contributed by atoms with Crippen LogP contribution in [0.4, 0.5) is 5.82 Å². The highest BCUT2D eigenvalue weighted by Crippen LogP contribution is 2.31. The van der Waals surface area contributed by atoms with E-state index in [2.05, 4.69) is 25.3 Å². The molecule has 0 unspecified atom stereocenters. The van der Waals surface area contributed by atoms with Crippen molar-refractivity contribution >= 4 is 49.4 Å². The number of pyridine rings is 1. The van der Waals surface area contributed by atoms with Gasteiger partial charge in [-0.15, -0.1) is 0 Å². The molecule has 34 heavy (non-hydrogen) atoms. The zero-order valence-corrected chi connectivity index (χ0v) is 20.3. The Morgan fingerprint density at radius 1 is 1.21 bits per heavy atom. The lowest BCUT2D eigenvalue weighted by Crippen LogP contribution is -2.41. The molecule has 12 heteroatoms. The van der Waals surface area contributed by atoms with E-state index in [4.69, 9.17) is 21.3 Å². The molecule has 3 aromatic heterocycles. The Balaban J connectivity index is 1.41. The van der Waals surface area contributed by atoms with Crippen molar-refractivity contribution in [3.05, 3.63) is 47.6 Å². The second-order valence-corrected chi connectivity index (χ2v) is 10.7. The quantitative estimate of drug-likeness (QED) is 0.384. The molecule has 0 radical (unpaired) electrons. The Morgan fingerprint density at radius 3 is 2.74 bits per heavy atom. The number of ether oxygens (including phenoxy) is 1. The fourth-order valence-electron chi connectivity index (χ4n) is 4.12. The number of hydrogen-bond acceptors (Lipinski definition) is 8. The first-order valence-electron chi connectivity index (χ1n) is 10.9. The van der Waals surface area contributed by atoms with Gasteiger partial charge < -0.3 is 15.0 Å². The summed E-state index contributed by atoms with van der Waals surface area (Å²) < 4.78 is 31.5. The van der Waals surface area contributed by atoms with Gasteiger partial charge in [-0.2, -0.15) is 0 Å². The van der Waals surface area contributed by atoms with Crippen LogP contribution in [0.15, 0.2) is 36.7 Å². The number of rotatable bonds is 6. The number of aromatic nitrogens is 5. The molecule has 0 spiro atoms. The Hall–Kier alpha value is -3.02. The van der Waals surface area contributed by atoms with Crippen LogP contribution in [0.25, 0.3) is 21.9 Å². The van der Waals surface area contributed by atoms with Gasteiger partial charge in [-0.3, -0.25) is 0 Å². The van der Waals surface area contributed by atoms with Gasteiger partial charge in [-0.1, -0.05) is 18.2 Å². The smallest absolute Gasteiger partial charge is 0.221 e. The molecule has 4 aromatic rings. The zero-order valence-electron chi connectivity index (χ0n) is 18.7. The van der Waals surface area contributed by atoms with Gasteiger partial charge in [0.25, 0.3) is 0 Å². The van der Waals surface area contributed by atoms with Crippen LogP contribution in [0.5, 0.6) is 5.88 Å². The third-order valence-corrected chi connectivity index (χ3v) is 7.41. The van der Waals surface area contributed by atoms with E-state index in [0.717, 1.165) is 16.5 Å². The highest BCUT2D eigenvalue weighted by atomic mass is 35.5. The van der Waals surface area contributed by atoms with Crippen molar-refractivity contribution in [2.75, 3.05) is 24.7 Å². The summed E-state index contributed by atoms with van der Waals surface area (Å²) in [5.41, 5.74) is 1.87. The molecule has 178 valence electrons. The number of hydrogen-bond donors (Lipinski definition) is 2. The summed E-state index contributed by atoms with van der Waals surface area (Å²) in [5.74, 6) is 1.08. The molecule has 1 aliphatic heterocycles. The van der Waals surface area contributed by atoms with Crippen LogP contribution in [0.1, 0.15) is 31.5 Å². The Bertz CT molecular complexity index is 1450. The SMILES string of the molecule is C[C@H](Nc1ncnc2[nH]c(Cl)nc12)c1cc2ccccc2c(OC2CCN(S(C)(=O)=O)CC2)n1. The van der Waals surface area contributed by atoms with Crippen LogP contribution in [-0.4, -0.2) is 63.1 Å². The van der Waals surface area contributed by atoms with E-state index in [-0.39, 0.29) is 17.4 Å². The van der Waals surface area contributed by atoms with Crippen molar-refractivity contribution in [3.8, 4) is 5.88 Å². The number of nitrogens with zero attached hydrogens (tertiary/aromatic N) is 5. The molecule has 5 rings (SSSR count). The predicted octanol–water partition coefficient (Wildman–Crippen LogP) is 3.53. The van der Waals surface area contributed by atoms with Crippen molar-refractivity contribution in [2.45, 2.75) is 31.9 Å². The zero-order chi connectivity index (χ0) is 23.9. The monoisotopic (exact) mass is 501 g/mol. The third-order valence-electron chi connectivity index (χ3n) is 5.92. The minimum atomic E-state index is -3.19. The molecular formula is C22H24ClN7O3S. The van der Waals surface area contributed by atoms with Gasteiger partial charge >= 0.3 is 0 Å². The fraction of sp³-hybridized carbons (Fsp3) is 0.364. The van der Waals surface area contributed by atoms with Gasteiger partial charge in [0.05, 0.1) is 18.0 Å². The molecule has 1 aliphatic rings. The molecule has 0 aliphatic carbocycles. The Labute approximate surface area is 201 Å². The number of imidazole rings is 1. The van der Waals surface area contributed by atoms with Crippen LogP contribution >= 0.6 is 11.6 Å². The van der Waals surface area contributed by atoms with Gasteiger partial charge in [0.15, 0.2) is 17.0 Å². The molecule has 1 aromatic carbocycles. The first-order chi connectivity index (χ1) is 16.3. The van der Waals surface area contributed by atoms with E-state index >= 15 is 0 Å². The number of piperidine rings is 1. The predicted molar refractivity (Wildman–Crippen MR) is 131 cm³/mol. The molecule has 4 heterocycles. The van der Waals surface area contributed by atoms with Crippen LogP contribution in [0.2, 0.25) is 5.28 Å². The minimum absolute atomic E-state index is 0.111. The largest absolute Gasteiger partial charge is 0.474 e. The summed E-state index contributed by atoms with van der Waals surface area (Å²) >= 11 is 5.99. The second-order valence-electron chi connectivity index (χ2n) is 8.37. The van der Waals surface area contributed by atoms with Crippen molar-refractivity contribution in [1.29, 1.82) is 0 Å². The van der Waals surface area contributed by atoms with Crippen LogP contribution in [0.3, 0.4) is 0 Å². The molecular weight excluding hydrogens is 478 g/mol. The highest BCUT2D eigenvalue weighted by Gasteiger charge is 2.27. The Morgan fingerprint density at radius 2 is 1.97 bits per heavy atom. The van der Waals surface area contributed by atoms with E-state index in [1.807, 2.05) is 37.3 Å². The normalized spacial score (nSPS) is 16.7. The molecule has 0 amide bonds.